The fourth-order valence-corrected chi connectivity index (χ4v) is 6.59. The van der Waals surface area contributed by atoms with Crippen molar-refractivity contribution in [2.24, 2.45) is 5.92 Å². The molecular formula is C43H77O9P. The van der Waals surface area contributed by atoms with Crippen molar-refractivity contribution in [3.8, 4) is 0 Å². The summed E-state index contributed by atoms with van der Waals surface area (Å²) in [7, 11) is -4.77. The molecule has 2 N–H and O–H groups in total. The molecule has 1 rings (SSSR count). The summed E-state index contributed by atoms with van der Waals surface area (Å²) in [6.45, 7) is 5.94. The maximum Gasteiger partial charge on any atom is 0.469 e. The molecule has 53 heavy (non-hydrogen) atoms. The Labute approximate surface area is 323 Å². The quantitative estimate of drug-likeness (QED) is 0.0208. The number of phosphoric acid groups is 1. The minimum Gasteiger partial charge on any atom is -0.462 e. The molecule has 0 aliphatic carbocycles. The number of rotatable bonds is 37. The molecule has 9 nitrogen and oxygen atoms in total. The number of carbonyl (C=O) groups excluding carboxylic acids is 2. The van der Waals surface area contributed by atoms with Crippen LogP contribution in [0.3, 0.4) is 0 Å². The Balaban J connectivity index is 2.10. The number of unbranched alkanes of at least 4 members (excludes halogenated alkanes) is 16. The lowest BCUT2D eigenvalue weighted by Crippen LogP contribution is -2.29. The third-order valence-electron chi connectivity index (χ3n) is 9.51. The zero-order chi connectivity index (χ0) is 38.8. The zero-order valence-electron chi connectivity index (χ0n) is 33.8. The molecule has 10 heteroatoms. The highest BCUT2D eigenvalue weighted by Gasteiger charge is 2.36. The van der Waals surface area contributed by atoms with Gasteiger partial charge in [-0.1, -0.05) is 160 Å². The number of epoxide rings is 1. The fourth-order valence-electron chi connectivity index (χ4n) is 6.23. The van der Waals surface area contributed by atoms with Gasteiger partial charge >= 0.3 is 19.8 Å². The van der Waals surface area contributed by atoms with Crippen LogP contribution in [-0.2, 0) is 32.9 Å². The highest BCUT2D eigenvalue weighted by atomic mass is 31.2. The monoisotopic (exact) mass is 769 g/mol. The number of allylic oxidation sites excluding steroid dienone is 5. The SMILES string of the molecule is CCCCC/C=C\C/C=C\C/C=C\CC1OC1CCCC(=O)OC[C@H](COP(=O)(O)O)OC(=O)CCCCCCCCCCCCCCCCC(C)C. The van der Waals surface area contributed by atoms with E-state index in [1.807, 2.05) is 0 Å². The third-order valence-corrected chi connectivity index (χ3v) is 10.00. The van der Waals surface area contributed by atoms with E-state index in [0.717, 1.165) is 50.9 Å². The summed E-state index contributed by atoms with van der Waals surface area (Å²) in [6, 6.07) is 0. The van der Waals surface area contributed by atoms with Gasteiger partial charge in [-0.3, -0.25) is 14.1 Å². The highest BCUT2D eigenvalue weighted by Crippen LogP contribution is 2.36. The predicted molar refractivity (Wildman–Crippen MR) is 215 cm³/mol. The molecule has 2 unspecified atom stereocenters. The summed E-state index contributed by atoms with van der Waals surface area (Å²) in [5, 5.41) is 0. The van der Waals surface area contributed by atoms with E-state index in [0.29, 0.717) is 12.8 Å². The molecule has 0 aromatic heterocycles. The lowest BCUT2D eigenvalue weighted by atomic mass is 10.0. The molecule has 0 aromatic carbocycles. The first-order valence-electron chi connectivity index (χ1n) is 21.3. The van der Waals surface area contributed by atoms with Gasteiger partial charge in [-0.05, 0) is 57.3 Å². The minimum atomic E-state index is -4.77. The van der Waals surface area contributed by atoms with Crippen LogP contribution in [-0.4, -0.2) is 53.3 Å². The van der Waals surface area contributed by atoms with E-state index in [4.69, 9.17) is 24.0 Å². The Kier molecular flexibility index (Phi) is 31.2. The summed E-state index contributed by atoms with van der Waals surface area (Å²) in [4.78, 5) is 43.0. The Morgan fingerprint density at radius 1 is 0.660 bits per heavy atom. The van der Waals surface area contributed by atoms with Crippen molar-refractivity contribution >= 4 is 19.8 Å². The third kappa shape index (κ3) is 34.5. The van der Waals surface area contributed by atoms with E-state index in [1.165, 1.54) is 96.3 Å². The van der Waals surface area contributed by atoms with Crippen LogP contribution in [0, 0.1) is 5.92 Å². The molecule has 0 saturated carbocycles. The van der Waals surface area contributed by atoms with Crippen LogP contribution in [0.2, 0.25) is 0 Å². The highest BCUT2D eigenvalue weighted by molar-refractivity contribution is 7.46. The number of hydrogen-bond donors (Lipinski definition) is 2. The Bertz CT molecular complexity index is 1030. The number of hydrogen-bond acceptors (Lipinski definition) is 7. The van der Waals surface area contributed by atoms with Crippen molar-refractivity contribution in [3.63, 3.8) is 0 Å². The lowest BCUT2D eigenvalue weighted by Gasteiger charge is -2.18. The maximum absolute atomic E-state index is 12.4. The summed E-state index contributed by atoms with van der Waals surface area (Å²) in [5.74, 6) is -0.131. The summed E-state index contributed by atoms with van der Waals surface area (Å²) >= 11 is 0. The van der Waals surface area contributed by atoms with Crippen LogP contribution in [0.15, 0.2) is 36.5 Å². The van der Waals surface area contributed by atoms with Gasteiger partial charge < -0.3 is 24.0 Å². The van der Waals surface area contributed by atoms with Crippen molar-refractivity contribution < 1.29 is 42.7 Å². The average Bonchev–Trinajstić information content (AvgIpc) is 3.86. The fraction of sp³-hybridized carbons (Fsp3) is 0.814. The lowest BCUT2D eigenvalue weighted by molar-refractivity contribution is -0.161. The molecule has 1 fully saturated rings. The first-order chi connectivity index (χ1) is 25.6. The summed E-state index contributed by atoms with van der Waals surface area (Å²) < 4.78 is 32.1. The second-order valence-corrected chi connectivity index (χ2v) is 16.4. The molecule has 1 aliphatic rings. The van der Waals surface area contributed by atoms with E-state index in [2.05, 4.69) is 61.8 Å². The van der Waals surface area contributed by atoms with Crippen LogP contribution >= 0.6 is 7.82 Å². The van der Waals surface area contributed by atoms with Gasteiger partial charge in [-0.2, -0.15) is 0 Å². The van der Waals surface area contributed by atoms with E-state index in [1.54, 1.807) is 0 Å². The molecule has 0 amide bonds. The molecule has 308 valence electrons. The van der Waals surface area contributed by atoms with Crippen LogP contribution in [0.1, 0.15) is 188 Å². The predicted octanol–water partition coefficient (Wildman–Crippen LogP) is 11.8. The van der Waals surface area contributed by atoms with E-state index in [-0.39, 0.29) is 31.7 Å². The molecule has 1 heterocycles. The molecular weight excluding hydrogens is 691 g/mol. The summed E-state index contributed by atoms with van der Waals surface area (Å²) in [5.41, 5.74) is 0. The first-order valence-corrected chi connectivity index (χ1v) is 22.8. The van der Waals surface area contributed by atoms with Crippen LogP contribution in [0.5, 0.6) is 0 Å². The summed E-state index contributed by atoms with van der Waals surface area (Å²) in [6.07, 6.45) is 40.3. The smallest absolute Gasteiger partial charge is 0.462 e. The zero-order valence-corrected chi connectivity index (χ0v) is 34.7. The van der Waals surface area contributed by atoms with Gasteiger partial charge in [-0.25, -0.2) is 4.57 Å². The molecule has 0 spiro atoms. The second kappa shape index (κ2) is 33.6. The Hall–Kier alpha value is -1.77. The van der Waals surface area contributed by atoms with Crippen LogP contribution in [0.25, 0.3) is 0 Å². The molecule has 0 bridgehead atoms. The van der Waals surface area contributed by atoms with Crippen molar-refractivity contribution in [1.82, 2.24) is 0 Å². The molecule has 0 aromatic rings. The van der Waals surface area contributed by atoms with Crippen molar-refractivity contribution in [1.29, 1.82) is 0 Å². The van der Waals surface area contributed by atoms with Crippen LogP contribution in [0.4, 0.5) is 0 Å². The van der Waals surface area contributed by atoms with Gasteiger partial charge in [0.15, 0.2) is 6.10 Å². The topological polar surface area (TPSA) is 132 Å². The van der Waals surface area contributed by atoms with Crippen molar-refractivity contribution in [2.45, 2.75) is 206 Å². The van der Waals surface area contributed by atoms with Gasteiger partial charge in [0.2, 0.25) is 0 Å². The first kappa shape index (κ1) is 49.2. The molecule has 0 radical (unpaired) electrons. The van der Waals surface area contributed by atoms with E-state index in [9.17, 15) is 14.2 Å². The second-order valence-electron chi connectivity index (χ2n) is 15.2. The van der Waals surface area contributed by atoms with Crippen molar-refractivity contribution in [2.75, 3.05) is 13.2 Å². The normalized spacial score (nSPS) is 16.7. The van der Waals surface area contributed by atoms with Crippen LogP contribution < -0.4 is 0 Å². The molecule has 1 saturated heterocycles. The largest absolute Gasteiger partial charge is 0.469 e. The maximum atomic E-state index is 12.4. The number of carbonyl (C=O) groups is 2. The van der Waals surface area contributed by atoms with Gasteiger partial charge in [0.05, 0.1) is 18.8 Å². The van der Waals surface area contributed by atoms with Gasteiger partial charge in [0.25, 0.3) is 0 Å². The van der Waals surface area contributed by atoms with E-state index < -0.39 is 32.5 Å². The number of ether oxygens (including phenoxy) is 3. The Morgan fingerprint density at radius 3 is 1.79 bits per heavy atom. The average molecular weight is 769 g/mol. The number of phosphoric ester groups is 1. The minimum absolute atomic E-state index is 0.139. The Morgan fingerprint density at radius 2 is 1.21 bits per heavy atom. The van der Waals surface area contributed by atoms with Gasteiger partial charge in [-0.15, -0.1) is 0 Å². The van der Waals surface area contributed by atoms with Gasteiger partial charge in [0.1, 0.15) is 6.61 Å². The molecule has 3 atom stereocenters. The standard InChI is InChI=1S/C43H77O9P/c1-4-5-6-7-8-9-10-16-19-22-25-28-32-40-41(52-40)33-30-35-42(44)49-36-39(37-50-53(46,47)48)51-43(45)34-29-26-23-20-17-14-12-11-13-15-18-21-24-27-31-38(2)3/h8-9,16,19,25,28,38-41H,4-7,10-15,17-18,20-24,26-27,29-37H2,1-3H3,(H2,46,47,48)/b9-8-,19-16-,28-25-/t39-,40?,41?/m1/s1. The number of esters is 2. The van der Waals surface area contributed by atoms with E-state index >= 15 is 0 Å². The van der Waals surface area contributed by atoms with Crippen molar-refractivity contribution in [3.05, 3.63) is 36.5 Å². The molecule has 1 aliphatic heterocycles. The van der Waals surface area contributed by atoms with Gasteiger partial charge in [0, 0.05) is 12.8 Å².